The summed E-state index contributed by atoms with van der Waals surface area (Å²) in [5, 5.41) is 0. The number of carbonyl (C=O) groups excluding carboxylic acids is 2. The Morgan fingerprint density at radius 1 is 0.952 bits per heavy atom. The summed E-state index contributed by atoms with van der Waals surface area (Å²) in [6.07, 6.45) is 1.60. The number of esters is 2. The lowest BCUT2D eigenvalue weighted by Crippen LogP contribution is -2.44. The third-order valence-electron chi connectivity index (χ3n) is 3.11. The number of rotatable bonds is 11. The maximum Gasteiger partial charge on any atom is 0.323 e. The second-order valence-electron chi connectivity index (χ2n) is 5.48. The lowest BCUT2D eigenvalue weighted by molar-refractivity contribution is -0.175. The van der Waals surface area contributed by atoms with Gasteiger partial charge in [-0.3, -0.25) is 9.59 Å². The molecule has 0 spiro atoms. The van der Waals surface area contributed by atoms with Crippen LogP contribution in [0.25, 0.3) is 0 Å². The van der Waals surface area contributed by atoms with Crippen LogP contribution in [-0.4, -0.2) is 38.4 Å². The maximum atomic E-state index is 12.4. The summed E-state index contributed by atoms with van der Waals surface area (Å²) in [7, 11) is 0. The van der Waals surface area contributed by atoms with Crippen molar-refractivity contribution in [3.63, 3.8) is 0 Å². The van der Waals surface area contributed by atoms with Crippen molar-refractivity contribution < 1.29 is 23.8 Å². The summed E-state index contributed by atoms with van der Waals surface area (Å²) in [5.41, 5.74) is -1.26. The predicted octanol–water partition coefficient (Wildman–Crippen LogP) is 2.96. The van der Waals surface area contributed by atoms with Gasteiger partial charge in [0.15, 0.2) is 5.41 Å². The first-order valence-corrected chi connectivity index (χ1v) is 7.86. The average molecular weight is 302 g/mol. The first-order chi connectivity index (χ1) is 9.94. The Hall–Kier alpha value is -1.10. The highest BCUT2D eigenvalue weighted by Gasteiger charge is 2.48. The zero-order valence-electron chi connectivity index (χ0n) is 14.1. The molecule has 0 radical (unpaired) electrons. The van der Waals surface area contributed by atoms with E-state index in [1.807, 2.05) is 20.8 Å². The van der Waals surface area contributed by atoms with E-state index in [4.69, 9.17) is 14.2 Å². The van der Waals surface area contributed by atoms with Crippen molar-refractivity contribution in [3.8, 4) is 0 Å². The molecule has 5 nitrogen and oxygen atoms in total. The highest BCUT2D eigenvalue weighted by Crippen LogP contribution is 2.34. The quantitative estimate of drug-likeness (QED) is 0.333. The van der Waals surface area contributed by atoms with Gasteiger partial charge >= 0.3 is 11.9 Å². The smallest absolute Gasteiger partial charge is 0.323 e. The first-order valence-electron chi connectivity index (χ1n) is 7.86. The molecule has 0 aliphatic rings. The minimum atomic E-state index is -1.26. The van der Waals surface area contributed by atoms with E-state index in [9.17, 15) is 9.59 Å². The predicted molar refractivity (Wildman–Crippen MR) is 80.9 cm³/mol. The molecule has 0 saturated heterocycles. The molecule has 0 amide bonds. The highest BCUT2D eigenvalue weighted by atomic mass is 16.6. The molecule has 0 fully saturated rings. The van der Waals surface area contributed by atoms with E-state index in [-0.39, 0.29) is 19.1 Å². The van der Waals surface area contributed by atoms with Gasteiger partial charge in [0.1, 0.15) is 0 Å². The Labute approximate surface area is 128 Å². The molecule has 0 rings (SSSR count). The van der Waals surface area contributed by atoms with Crippen LogP contribution in [0.15, 0.2) is 0 Å². The van der Waals surface area contributed by atoms with Gasteiger partial charge in [-0.05, 0) is 39.0 Å². The lowest BCUT2D eigenvalue weighted by atomic mass is 9.77. The van der Waals surface area contributed by atoms with Crippen LogP contribution in [0.3, 0.4) is 0 Å². The molecule has 0 aliphatic heterocycles. The topological polar surface area (TPSA) is 61.8 Å². The SMILES string of the molecule is CCCOCCC(CC(C)C)(C(=O)OCC)C(=O)OCC. The van der Waals surface area contributed by atoms with Gasteiger partial charge in [0, 0.05) is 13.2 Å². The zero-order chi connectivity index (χ0) is 16.3. The Balaban J connectivity index is 5.18. The zero-order valence-corrected chi connectivity index (χ0v) is 14.1. The molecular weight excluding hydrogens is 272 g/mol. The van der Waals surface area contributed by atoms with Crippen LogP contribution in [0, 0.1) is 11.3 Å². The van der Waals surface area contributed by atoms with Crippen molar-refractivity contribution in [2.75, 3.05) is 26.4 Å². The van der Waals surface area contributed by atoms with Crippen LogP contribution in [0.1, 0.15) is 53.9 Å². The lowest BCUT2D eigenvalue weighted by Gasteiger charge is -2.30. The first kappa shape index (κ1) is 19.9. The second-order valence-corrected chi connectivity index (χ2v) is 5.48. The molecule has 124 valence electrons. The third-order valence-corrected chi connectivity index (χ3v) is 3.11. The molecular formula is C16H30O5. The van der Waals surface area contributed by atoms with E-state index >= 15 is 0 Å². The van der Waals surface area contributed by atoms with Gasteiger partial charge in [-0.2, -0.15) is 0 Å². The largest absolute Gasteiger partial charge is 0.465 e. The number of hydrogen-bond donors (Lipinski definition) is 0. The normalized spacial score (nSPS) is 11.5. The maximum absolute atomic E-state index is 12.4. The molecule has 0 aromatic heterocycles. The van der Waals surface area contributed by atoms with E-state index in [0.29, 0.717) is 26.1 Å². The minimum Gasteiger partial charge on any atom is -0.465 e. The fourth-order valence-electron chi connectivity index (χ4n) is 2.28. The molecule has 0 aromatic rings. The van der Waals surface area contributed by atoms with Gasteiger partial charge < -0.3 is 14.2 Å². The van der Waals surface area contributed by atoms with E-state index < -0.39 is 17.4 Å². The number of hydrogen-bond acceptors (Lipinski definition) is 5. The highest BCUT2D eigenvalue weighted by molar-refractivity contribution is 6.00. The Bertz CT molecular complexity index is 294. The van der Waals surface area contributed by atoms with Crippen molar-refractivity contribution in [2.45, 2.75) is 53.9 Å². The Morgan fingerprint density at radius 3 is 1.86 bits per heavy atom. The van der Waals surface area contributed by atoms with Crippen molar-refractivity contribution in [1.29, 1.82) is 0 Å². The summed E-state index contributed by atoms with van der Waals surface area (Å²) in [6, 6.07) is 0. The summed E-state index contributed by atoms with van der Waals surface area (Å²) in [4.78, 5) is 24.8. The standard InChI is InChI=1S/C16H30O5/c1-6-10-19-11-9-16(12-13(4)5,14(17)20-7-2)15(18)21-8-3/h13H,6-12H2,1-5H3. The minimum absolute atomic E-state index is 0.171. The van der Waals surface area contributed by atoms with Gasteiger partial charge in [0.05, 0.1) is 13.2 Å². The van der Waals surface area contributed by atoms with Crippen molar-refractivity contribution >= 4 is 11.9 Å². The molecule has 0 aliphatic carbocycles. The fourth-order valence-corrected chi connectivity index (χ4v) is 2.28. The number of carbonyl (C=O) groups is 2. The fraction of sp³-hybridized carbons (Fsp3) is 0.875. The molecule has 0 saturated carbocycles. The van der Waals surface area contributed by atoms with Gasteiger partial charge in [-0.1, -0.05) is 20.8 Å². The molecule has 0 aromatic carbocycles. The summed E-state index contributed by atoms with van der Waals surface area (Å²) in [6.45, 7) is 10.9. The Kier molecular flexibility index (Phi) is 10.0. The van der Waals surface area contributed by atoms with Crippen molar-refractivity contribution in [1.82, 2.24) is 0 Å². The summed E-state index contributed by atoms with van der Waals surface area (Å²) >= 11 is 0. The molecule has 0 atom stereocenters. The number of ether oxygens (including phenoxy) is 3. The van der Waals surface area contributed by atoms with Gasteiger partial charge in [0.25, 0.3) is 0 Å². The molecule has 5 heteroatoms. The molecule has 0 heterocycles. The van der Waals surface area contributed by atoms with Crippen LogP contribution < -0.4 is 0 Å². The van der Waals surface area contributed by atoms with Crippen LogP contribution in [0.4, 0.5) is 0 Å². The van der Waals surface area contributed by atoms with Crippen LogP contribution >= 0.6 is 0 Å². The van der Waals surface area contributed by atoms with Crippen LogP contribution in [0.2, 0.25) is 0 Å². The van der Waals surface area contributed by atoms with Crippen LogP contribution in [-0.2, 0) is 23.8 Å². The van der Waals surface area contributed by atoms with E-state index in [1.165, 1.54) is 0 Å². The van der Waals surface area contributed by atoms with Crippen molar-refractivity contribution in [3.05, 3.63) is 0 Å². The second kappa shape index (κ2) is 10.6. The average Bonchev–Trinajstić information content (AvgIpc) is 2.42. The molecule has 0 bridgehead atoms. The third kappa shape index (κ3) is 6.46. The van der Waals surface area contributed by atoms with E-state index in [1.54, 1.807) is 13.8 Å². The molecule has 21 heavy (non-hydrogen) atoms. The van der Waals surface area contributed by atoms with Crippen LogP contribution in [0.5, 0.6) is 0 Å². The van der Waals surface area contributed by atoms with Gasteiger partial charge in [0.2, 0.25) is 0 Å². The molecule has 0 unspecified atom stereocenters. The summed E-state index contributed by atoms with van der Waals surface area (Å²) < 4.78 is 15.7. The van der Waals surface area contributed by atoms with E-state index in [2.05, 4.69) is 0 Å². The Morgan fingerprint density at radius 2 is 1.48 bits per heavy atom. The monoisotopic (exact) mass is 302 g/mol. The van der Waals surface area contributed by atoms with Gasteiger partial charge in [-0.25, -0.2) is 0 Å². The van der Waals surface area contributed by atoms with Crippen molar-refractivity contribution in [2.24, 2.45) is 11.3 Å². The summed E-state index contributed by atoms with van der Waals surface area (Å²) in [5.74, 6) is -0.834. The van der Waals surface area contributed by atoms with E-state index in [0.717, 1.165) is 6.42 Å². The molecule has 0 N–H and O–H groups in total. The van der Waals surface area contributed by atoms with Gasteiger partial charge in [-0.15, -0.1) is 0 Å².